The second-order valence-corrected chi connectivity index (χ2v) is 7.58. The summed E-state index contributed by atoms with van der Waals surface area (Å²) >= 11 is 1.00. The number of pyridine rings is 1. The van der Waals surface area contributed by atoms with Gasteiger partial charge in [-0.05, 0) is 24.3 Å². The number of para-hydroxylation sites is 1. The normalized spacial score (nSPS) is 11.6. The van der Waals surface area contributed by atoms with E-state index in [1.807, 2.05) is 0 Å². The van der Waals surface area contributed by atoms with Gasteiger partial charge in [-0.3, -0.25) is 4.79 Å². The zero-order valence-corrected chi connectivity index (χ0v) is 17.1. The molecule has 3 N–H and O–H groups in total. The molecule has 0 bridgehead atoms. The van der Waals surface area contributed by atoms with E-state index in [1.165, 1.54) is 32.4 Å². The van der Waals surface area contributed by atoms with Gasteiger partial charge in [-0.15, -0.1) is 11.3 Å². The van der Waals surface area contributed by atoms with E-state index in [9.17, 15) is 18.0 Å². The van der Waals surface area contributed by atoms with Crippen molar-refractivity contribution in [3.8, 4) is 11.5 Å². The largest absolute Gasteiger partial charge is 0.493 e. The van der Waals surface area contributed by atoms with E-state index in [0.29, 0.717) is 32.6 Å². The fourth-order valence-corrected chi connectivity index (χ4v) is 4.19. The van der Waals surface area contributed by atoms with Crippen molar-refractivity contribution in [2.45, 2.75) is 6.18 Å². The first kappa shape index (κ1) is 20.7. The van der Waals surface area contributed by atoms with E-state index in [1.54, 1.807) is 18.2 Å². The molecule has 0 atom stereocenters. The van der Waals surface area contributed by atoms with Crippen LogP contribution in [-0.2, 0) is 6.18 Å². The van der Waals surface area contributed by atoms with Crippen LogP contribution in [0.3, 0.4) is 0 Å². The number of nitrogens with two attached hydrogens (primary N) is 1. The maximum atomic E-state index is 13.2. The Hall–Kier alpha value is -3.53. The smallest absolute Gasteiger partial charge is 0.418 e. The Bertz CT molecular complexity index is 1320. The number of benzene rings is 2. The zero-order chi connectivity index (χ0) is 22.3. The van der Waals surface area contributed by atoms with Gasteiger partial charge in [0.1, 0.15) is 9.71 Å². The summed E-state index contributed by atoms with van der Waals surface area (Å²) in [6.07, 6.45) is -4.60. The second-order valence-electron chi connectivity index (χ2n) is 6.58. The average molecular weight is 447 g/mol. The van der Waals surface area contributed by atoms with Crippen LogP contribution in [0.4, 0.5) is 24.5 Å². The van der Waals surface area contributed by atoms with Crippen LogP contribution in [0.5, 0.6) is 11.5 Å². The topological polar surface area (TPSA) is 86.5 Å². The molecule has 4 rings (SSSR count). The molecule has 0 radical (unpaired) electrons. The Labute approximate surface area is 178 Å². The molecule has 0 unspecified atom stereocenters. The fourth-order valence-electron chi connectivity index (χ4n) is 3.22. The fraction of sp³-hybridized carbons (Fsp3) is 0.143. The van der Waals surface area contributed by atoms with Crippen molar-refractivity contribution in [2.75, 3.05) is 25.3 Å². The highest BCUT2D eigenvalue weighted by Gasteiger charge is 2.34. The van der Waals surface area contributed by atoms with E-state index in [-0.39, 0.29) is 16.3 Å². The second kappa shape index (κ2) is 7.62. The molecule has 2 aromatic heterocycles. The Morgan fingerprint density at radius 2 is 1.77 bits per heavy atom. The standard InChI is InChI=1S/C21H16F3N3O3S/c1-29-15-8-10-7-11-17(25)18(31-20(11)27-14(10)9-16(15)30-2)19(28)26-13-6-4-3-5-12(13)21(22,23)24/h3-9H,25H2,1-2H3,(H,26,28). The lowest BCUT2D eigenvalue weighted by Gasteiger charge is -2.13. The summed E-state index contributed by atoms with van der Waals surface area (Å²) in [4.78, 5) is 17.9. The molecule has 4 aromatic rings. The molecule has 10 heteroatoms. The minimum Gasteiger partial charge on any atom is -0.493 e. The maximum absolute atomic E-state index is 13.2. The van der Waals surface area contributed by atoms with Crippen LogP contribution in [0.15, 0.2) is 42.5 Å². The quantitative estimate of drug-likeness (QED) is 0.442. The molecule has 0 saturated carbocycles. The highest BCUT2D eigenvalue weighted by molar-refractivity contribution is 7.21. The van der Waals surface area contributed by atoms with Crippen LogP contribution in [-0.4, -0.2) is 25.1 Å². The molecule has 31 heavy (non-hydrogen) atoms. The summed E-state index contributed by atoms with van der Waals surface area (Å²) < 4.78 is 50.3. The van der Waals surface area contributed by atoms with E-state index in [4.69, 9.17) is 15.2 Å². The molecule has 1 amide bonds. The molecule has 0 aliphatic carbocycles. The number of aromatic nitrogens is 1. The number of hydrogen-bond acceptors (Lipinski definition) is 6. The first-order valence-corrected chi connectivity index (χ1v) is 9.77. The Kier molecular flexibility index (Phi) is 5.10. The van der Waals surface area contributed by atoms with Gasteiger partial charge < -0.3 is 20.5 Å². The predicted molar refractivity (Wildman–Crippen MR) is 114 cm³/mol. The van der Waals surface area contributed by atoms with Crippen molar-refractivity contribution >= 4 is 49.7 Å². The third kappa shape index (κ3) is 3.70. The summed E-state index contributed by atoms with van der Waals surface area (Å²) in [6, 6.07) is 9.94. The average Bonchev–Trinajstić information content (AvgIpc) is 3.06. The van der Waals surface area contributed by atoms with Crippen LogP contribution in [0.25, 0.3) is 21.1 Å². The number of alkyl halides is 3. The van der Waals surface area contributed by atoms with E-state index < -0.39 is 17.6 Å². The molecule has 6 nitrogen and oxygen atoms in total. The zero-order valence-electron chi connectivity index (χ0n) is 16.3. The summed E-state index contributed by atoms with van der Waals surface area (Å²) in [5.41, 5.74) is 5.63. The lowest BCUT2D eigenvalue weighted by Crippen LogP contribution is -2.16. The van der Waals surface area contributed by atoms with Crippen LogP contribution < -0.4 is 20.5 Å². The Morgan fingerprint density at radius 1 is 1.10 bits per heavy atom. The third-order valence-corrected chi connectivity index (χ3v) is 5.82. The van der Waals surface area contributed by atoms with Crippen molar-refractivity contribution in [1.29, 1.82) is 0 Å². The van der Waals surface area contributed by atoms with Gasteiger partial charge >= 0.3 is 6.18 Å². The summed E-state index contributed by atoms with van der Waals surface area (Å²) in [5.74, 6) is 0.260. The monoisotopic (exact) mass is 447 g/mol. The number of nitrogens with zero attached hydrogens (tertiary/aromatic N) is 1. The van der Waals surface area contributed by atoms with Crippen LogP contribution in [0.2, 0.25) is 0 Å². The molecule has 0 spiro atoms. The molecule has 160 valence electrons. The van der Waals surface area contributed by atoms with Gasteiger partial charge in [-0.1, -0.05) is 12.1 Å². The van der Waals surface area contributed by atoms with Gasteiger partial charge in [-0.25, -0.2) is 4.98 Å². The molecular formula is C21H16F3N3O3S. The Balaban J connectivity index is 1.77. The third-order valence-electron chi connectivity index (χ3n) is 4.71. The van der Waals surface area contributed by atoms with Crippen LogP contribution >= 0.6 is 11.3 Å². The number of nitrogen functional groups attached to an aromatic ring is 1. The molecule has 0 fully saturated rings. The molecule has 0 aliphatic heterocycles. The SMILES string of the molecule is COc1cc2cc3c(N)c(C(=O)Nc4ccccc4C(F)(F)F)sc3nc2cc1OC. The molecular weight excluding hydrogens is 431 g/mol. The van der Waals surface area contributed by atoms with Crippen LogP contribution in [0, 0.1) is 0 Å². The van der Waals surface area contributed by atoms with E-state index in [2.05, 4.69) is 10.3 Å². The minimum atomic E-state index is -4.60. The van der Waals surface area contributed by atoms with Crippen molar-refractivity contribution in [2.24, 2.45) is 0 Å². The summed E-state index contributed by atoms with van der Waals surface area (Å²) in [7, 11) is 3.02. The van der Waals surface area contributed by atoms with Gasteiger partial charge in [-0.2, -0.15) is 13.2 Å². The first-order chi connectivity index (χ1) is 14.7. The summed E-state index contributed by atoms with van der Waals surface area (Å²) in [6.45, 7) is 0. The van der Waals surface area contributed by atoms with E-state index in [0.717, 1.165) is 17.4 Å². The number of halogens is 3. The van der Waals surface area contributed by atoms with Crippen molar-refractivity contribution in [3.63, 3.8) is 0 Å². The van der Waals surface area contributed by atoms with Crippen molar-refractivity contribution in [1.82, 2.24) is 4.98 Å². The molecule has 0 saturated heterocycles. The predicted octanol–water partition coefficient (Wildman–Crippen LogP) is 5.32. The highest BCUT2D eigenvalue weighted by Crippen LogP contribution is 2.39. The minimum absolute atomic E-state index is 0.0775. The highest BCUT2D eigenvalue weighted by atomic mass is 32.1. The van der Waals surface area contributed by atoms with E-state index >= 15 is 0 Å². The molecule has 2 aromatic carbocycles. The van der Waals surface area contributed by atoms with Gasteiger partial charge in [0.25, 0.3) is 5.91 Å². The van der Waals surface area contributed by atoms with Gasteiger partial charge in [0.2, 0.25) is 0 Å². The number of methoxy groups -OCH3 is 2. The lowest BCUT2D eigenvalue weighted by molar-refractivity contribution is -0.136. The number of hydrogen-bond donors (Lipinski definition) is 2. The number of fused-ring (bicyclic) bond motifs is 2. The number of anilines is 2. The number of carbonyl (C=O) groups excluding carboxylic acids is 1. The number of carbonyl (C=O) groups is 1. The number of nitrogens with one attached hydrogen (secondary N) is 1. The van der Waals surface area contributed by atoms with Gasteiger partial charge in [0, 0.05) is 16.8 Å². The first-order valence-electron chi connectivity index (χ1n) is 8.95. The van der Waals surface area contributed by atoms with Crippen molar-refractivity contribution < 1.29 is 27.4 Å². The lowest BCUT2D eigenvalue weighted by atomic mass is 10.1. The number of thiophene rings is 1. The Morgan fingerprint density at radius 3 is 2.45 bits per heavy atom. The molecule has 0 aliphatic rings. The number of rotatable bonds is 4. The van der Waals surface area contributed by atoms with Gasteiger partial charge in [0.05, 0.1) is 36.7 Å². The van der Waals surface area contributed by atoms with Crippen molar-refractivity contribution in [3.05, 3.63) is 52.9 Å². The van der Waals surface area contributed by atoms with Gasteiger partial charge in [0.15, 0.2) is 11.5 Å². The number of ether oxygens (including phenoxy) is 2. The maximum Gasteiger partial charge on any atom is 0.418 e. The molecule has 2 heterocycles. The summed E-state index contributed by atoms with van der Waals surface area (Å²) in [5, 5.41) is 3.56. The van der Waals surface area contributed by atoms with Crippen LogP contribution in [0.1, 0.15) is 15.2 Å². The number of amides is 1.